The predicted molar refractivity (Wildman–Crippen MR) is 171 cm³/mol. The van der Waals surface area contributed by atoms with Crippen LogP contribution in [0, 0.1) is 6.92 Å². The van der Waals surface area contributed by atoms with Crippen LogP contribution in [0.3, 0.4) is 0 Å². The maximum Gasteiger partial charge on any atom is 0.291 e. The number of rotatable bonds is 11. The first-order valence-corrected chi connectivity index (χ1v) is 18.2. The van der Waals surface area contributed by atoms with Gasteiger partial charge in [-0.15, -0.1) is 0 Å². The minimum atomic E-state index is -1.55. The Labute approximate surface area is 258 Å². The van der Waals surface area contributed by atoms with Crippen molar-refractivity contribution in [1.82, 2.24) is 19.8 Å². The summed E-state index contributed by atoms with van der Waals surface area (Å²) in [5.41, 5.74) is 2.55. The number of carbonyl (C=O) groups is 1. The van der Waals surface area contributed by atoms with Gasteiger partial charge in [-0.2, -0.15) is 9.97 Å². The van der Waals surface area contributed by atoms with Crippen molar-refractivity contribution in [2.45, 2.75) is 38.9 Å². The fourth-order valence-corrected chi connectivity index (χ4v) is 9.56. The van der Waals surface area contributed by atoms with Gasteiger partial charge in [-0.3, -0.25) is 4.79 Å². The molecule has 2 aliphatic rings. The highest BCUT2D eigenvalue weighted by Gasteiger charge is 2.36. The molecule has 0 unspecified atom stereocenters. The Bertz CT molecular complexity index is 1450. The van der Waals surface area contributed by atoms with Crippen LogP contribution in [0.4, 0.5) is 11.6 Å². The molecule has 5 rings (SSSR count). The molecule has 3 aromatic rings. The average molecular weight is 629 g/mol. The SMILES string of the molecule is COc1nc(NCCCN2CCN(C)CC2)nc(OC)c1NC(=O)c1ccc(Oc2c(Cl)cc(C)c3c2CC[Si]3(C)C)o1. The van der Waals surface area contributed by atoms with Crippen molar-refractivity contribution >= 4 is 42.4 Å². The molecule has 2 N–H and O–H groups in total. The van der Waals surface area contributed by atoms with Gasteiger partial charge in [0, 0.05) is 38.8 Å². The number of carbonyl (C=O) groups excluding carboxylic acids is 1. The molecular formula is C30H41ClN6O5Si. The summed E-state index contributed by atoms with van der Waals surface area (Å²) >= 11 is 6.61. The lowest BCUT2D eigenvalue weighted by atomic mass is 10.1. The molecule has 0 saturated carbocycles. The summed E-state index contributed by atoms with van der Waals surface area (Å²) < 4.78 is 22.9. The molecule has 232 valence electrons. The van der Waals surface area contributed by atoms with E-state index >= 15 is 0 Å². The van der Waals surface area contributed by atoms with Gasteiger partial charge in [0.05, 0.1) is 27.3 Å². The van der Waals surface area contributed by atoms with Crippen LogP contribution >= 0.6 is 11.6 Å². The molecule has 1 amide bonds. The number of hydrogen-bond donors (Lipinski definition) is 2. The monoisotopic (exact) mass is 628 g/mol. The van der Waals surface area contributed by atoms with Gasteiger partial charge in [0.15, 0.2) is 17.2 Å². The second-order valence-corrected chi connectivity index (χ2v) is 17.0. The Morgan fingerprint density at radius 2 is 1.81 bits per heavy atom. The van der Waals surface area contributed by atoms with E-state index in [4.69, 9.17) is 30.2 Å². The third kappa shape index (κ3) is 6.93. The Balaban J connectivity index is 1.24. The molecule has 11 nitrogen and oxygen atoms in total. The highest BCUT2D eigenvalue weighted by molar-refractivity contribution is 6.91. The Hall–Kier alpha value is -3.32. The minimum Gasteiger partial charge on any atom is -0.479 e. The minimum absolute atomic E-state index is 0.0415. The molecule has 1 saturated heterocycles. The van der Waals surface area contributed by atoms with Crippen molar-refractivity contribution in [2.24, 2.45) is 0 Å². The summed E-state index contributed by atoms with van der Waals surface area (Å²) in [7, 11) is 3.55. The van der Waals surface area contributed by atoms with Crippen LogP contribution in [0.5, 0.6) is 23.5 Å². The largest absolute Gasteiger partial charge is 0.479 e. The second-order valence-electron chi connectivity index (χ2n) is 11.8. The van der Waals surface area contributed by atoms with Gasteiger partial charge in [0.1, 0.15) is 0 Å². The van der Waals surface area contributed by atoms with Gasteiger partial charge < -0.3 is 39.1 Å². The van der Waals surface area contributed by atoms with E-state index in [1.807, 2.05) is 6.07 Å². The van der Waals surface area contributed by atoms with Crippen molar-refractivity contribution in [3.8, 4) is 23.5 Å². The number of anilines is 2. The molecule has 1 aromatic carbocycles. The van der Waals surface area contributed by atoms with Crippen molar-refractivity contribution < 1.29 is 23.4 Å². The van der Waals surface area contributed by atoms with Gasteiger partial charge >= 0.3 is 0 Å². The summed E-state index contributed by atoms with van der Waals surface area (Å²) in [5.74, 6) is 0.974. The number of amides is 1. The zero-order chi connectivity index (χ0) is 30.7. The predicted octanol–water partition coefficient (Wildman–Crippen LogP) is 4.61. The summed E-state index contributed by atoms with van der Waals surface area (Å²) in [6, 6.07) is 6.25. The lowest BCUT2D eigenvalue weighted by Gasteiger charge is -2.32. The van der Waals surface area contributed by atoms with Crippen molar-refractivity contribution in [3.63, 3.8) is 0 Å². The van der Waals surface area contributed by atoms with Crippen LogP contribution in [0.15, 0.2) is 22.6 Å². The number of nitrogens with zero attached hydrogens (tertiary/aromatic N) is 4. The lowest BCUT2D eigenvalue weighted by molar-refractivity contribution is 0.0990. The fraction of sp³-hybridized carbons (Fsp3) is 0.500. The Kier molecular flexibility index (Phi) is 9.50. The standard InChI is InChI=1S/C30H41ClN6O5Si/c1-19-18-21(31)25(20-10-17-43(5,6)26(19)20)42-23-9-8-22(41-23)27(38)33-24-28(39-3)34-30(35-29(24)40-4)32-11-7-12-37-15-13-36(2)14-16-37/h8-9,18H,7,10-17H2,1-6H3,(H,33,38)(H,32,34,35). The number of fused-ring (bicyclic) bond motifs is 1. The molecule has 4 heterocycles. The summed E-state index contributed by atoms with van der Waals surface area (Å²) in [6.45, 7) is 12.9. The Morgan fingerprint density at radius 3 is 2.49 bits per heavy atom. The summed E-state index contributed by atoms with van der Waals surface area (Å²) in [5, 5.41) is 7.93. The van der Waals surface area contributed by atoms with E-state index in [1.54, 1.807) is 12.1 Å². The van der Waals surface area contributed by atoms with Gasteiger partial charge in [-0.1, -0.05) is 29.9 Å². The number of halogens is 1. The number of furan rings is 1. The van der Waals surface area contributed by atoms with Crippen molar-refractivity contribution in [2.75, 3.05) is 71.2 Å². The topological polar surface area (TPSA) is 114 Å². The number of nitrogens with one attached hydrogen (secondary N) is 2. The molecule has 0 spiro atoms. The van der Waals surface area contributed by atoms with Crippen LogP contribution in [0.2, 0.25) is 24.2 Å². The quantitative estimate of drug-likeness (QED) is 0.230. The zero-order valence-corrected chi connectivity index (χ0v) is 27.6. The van der Waals surface area contributed by atoms with Gasteiger partial charge in [0.2, 0.25) is 17.7 Å². The zero-order valence-electron chi connectivity index (χ0n) is 25.8. The van der Waals surface area contributed by atoms with Crippen molar-refractivity contribution in [3.05, 3.63) is 40.1 Å². The van der Waals surface area contributed by atoms with E-state index in [0.29, 0.717) is 23.3 Å². The lowest BCUT2D eigenvalue weighted by Crippen LogP contribution is -2.44. The molecule has 13 heteroatoms. The molecule has 2 aromatic heterocycles. The number of ether oxygens (including phenoxy) is 3. The summed E-state index contributed by atoms with van der Waals surface area (Å²) in [6.07, 6.45) is 1.86. The molecule has 1 fully saturated rings. The third-order valence-corrected chi connectivity index (χ3v) is 12.0. The maximum absolute atomic E-state index is 13.2. The van der Waals surface area contributed by atoms with E-state index in [2.05, 4.69) is 57.5 Å². The fourth-order valence-electron chi connectivity index (χ4n) is 5.93. The summed E-state index contributed by atoms with van der Waals surface area (Å²) in [4.78, 5) is 26.9. The number of aromatic nitrogens is 2. The first-order chi connectivity index (χ1) is 20.6. The first-order valence-electron chi connectivity index (χ1n) is 14.7. The molecule has 43 heavy (non-hydrogen) atoms. The average Bonchev–Trinajstić information content (AvgIpc) is 3.58. The van der Waals surface area contributed by atoms with Crippen LogP contribution in [0.25, 0.3) is 0 Å². The third-order valence-electron chi connectivity index (χ3n) is 8.21. The van der Waals surface area contributed by atoms with Gasteiger partial charge in [0.25, 0.3) is 11.9 Å². The van der Waals surface area contributed by atoms with E-state index in [9.17, 15) is 4.79 Å². The van der Waals surface area contributed by atoms with E-state index < -0.39 is 14.0 Å². The highest BCUT2D eigenvalue weighted by atomic mass is 35.5. The first kappa shape index (κ1) is 31.1. The maximum atomic E-state index is 13.2. The normalized spacial score (nSPS) is 16.5. The molecular weight excluding hydrogens is 588 g/mol. The van der Waals surface area contributed by atoms with Crippen LogP contribution in [-0.4, -0.2) is 94.3 Å². The number of likely N-dealkylation sites (N-methyl/N-ethyl adjacent to an activating group) is 1. The molecule has 2 aliphatic heterocycles. The number of methoxy groups -OCH3 is 2. The van der Waals surface area contributed by atoms with Crippen molar-refractivity contribution in [1.29, 1.82) is 0 Å². The van der Waals surface area contributed by atoms with Crippen LogP contribution < -0.4 is 30.0 Å². The van der Waals surface area contributed by atoms with Gasteiger partial charge in [-0.05, 0) is 62.7 Å². The number of piperazine rings is 1. The second kappa shape index (κ2) is 13.1. The van der Waals surface area contributed by atoms with E-state index in [-0.39, 0.29) is 29.2 Å². The number of aryl methyl sites for hydroxylation is 1. The molecule has 0 radical (unpaired) electrons. The molecule has 0 bridgehead atoms. The van der Waals surface area contributed by atoms with E-state index in [0.717, 1.165) is 57.2 Å². The number of benzene rings is 1. The van der Waals surface area contributed by atoms with Crippen LogP contribution in [-0.2, 0) is 6.42 Å². The Morgan fingerprint density at radius 1 is 1.12 bits per heavy atom. The van der Waals surface area contributed by atoms with Crippen LogP contribution in [0.1, 0.15) is 28.1 Å². The van der Waals surface area contributed by atoms with E-state index in [1.165, 1.54) is 25.0 Å². The smallest absolute Gasteiger partial charge is 0.291 e. The number of hydrogen-bond acceptors (Lipinski definition) is 10. The molecule has 0 aliphatic carbocycles. The molecule has 0 atom stereocenters. The highest BCUT2D eigenvalue weighted by Crippen LogP contribution is 2.40. The van der Waals surface area contributed by atoms with Gasteiger partial charge in [-0.25, -0.2) is 0 Å².